The zero-order chi connectivity index (χ0) is 10.8. The van der Waals surface area contributed by atoms with Gasteiger partial charge in [0.25, 0.3) is 5.91 Å². The molecule has 0 aliphatic carbocycles. The van der Waals surface area contributed by atoms with E-state index >= 15 is 0 Å². The predicted molar refractivity (Wildman–Crippen MR) is 61.8 cm³/mol. The van der Waals surface area contributed by atoms with Crippen molar-refractivity contribution in [2.75, 3.05) is 26.7 Å². The fraction of sp³-hybridized carbons (Fsp3) is 0.500. The van der Waals surface area contributed by atoms with Gasteiger partial charge in [0.1, 0.15) is 5.69 Å². The maximum absolute atomic E-state index is 11.6. The van der Waals surface area contributed by atoms with Crippen LogP contribution < -0.4 is 5.32 Å². The Labute approximate surface area is 97.2 Å². The van der Waals surface area contributed by atoms with Crippen LogP contribution in [0.1, 0.15) is 10.5 Å². The van der Waals surface area contributed by atoms with Crippen molar-refractivity contribution in [3.05, 3.63) is 22.4 Å². The lowest BCUT2D eigenvalue weighted by Gasteiger charge is -2.36. The van der Waals surface area contributed by atoms with Gasteiger partial charge in [-0.3, -0.25) is 4.79 Å². The molecule has 0 unspecified atom stereocenters. The van der Waals surface area contributed by atoms with E-state index in [1.54, 1.807) is 12.3 Å². The number of carbonyl (C=O) groups is 1. The highest BCUT2D eigenvalue weighted by atomic mass is 79.9. The molecule has 0 aromatic carbocycles. The number of aromatic nitrogens is 1. The number of rotatable bonds is 3. The maximum Gasteiger partial charge on any atom is 0.267 e. The Balaban J connectivity index is 1.78. The summed E-state index contributed by atoms with van der Waals surface area (Å²) in [6, 6.07) is 1.78. The molecule has 4 nitrogen and oxygen atoms in total. The van der Waals surface area contributed by atoms with E-state index in [0.29, 0.717) is 11.6 Å². The summed E-state index contributed by atoms with van der Waals surface area (Å²) >= 11 is 3.30. The number of likely N-dealkylation sites (tertiary alicyclic amines) is 1. The number of H-pyrrole nitrogens is 1. The van der Waals surface area contributed by atoms with Crippen molar-refractivity contribution in [1.29, 1.82) is 0 Å². The van der Waals surface area contributed by atoms with Crippen molar-refractivity contribution >= 4 is 21.8 Å². The molecule has 82 valence electrons. The van der Waals surface area contributed by atoms with Gasteiger partial charge in [0.05, 0.1) is 0 Å². The molecule has 5 heteroatoms. The monoisotopic (exact) mass is 271 g/mol. The normalized spacial score (nSPS) is 17.5. The summed E-state index contributed by atoms with van der Waals surface area (Å²) in [5, 5.41) is 2.92. The Morgan fingerprint density at radius 3 is 3.00 bits per heavy atom. The van der Waals surface area contributed by atoms with Gasteiger partial charge in [0.2, 0.25) is 0 Å². The lowest BCUT2D eigenvalue weighted by Crippen LogP contribution is -2.49. The van der Waals surface area contributed by atoms with E-state index in [9.17, 15) is 4.79 Å². The minimum atomic E-state index is -0.0322. The Bertz CT molecular complexity index is 357. The largest absolute Gasteiger partial charge is 0.356 e. The maximum atomic E-state index is 11.6. The second-order valence-corrected chi connectivity index (χ2v) is 4.94. The van der Waals surface area contributed by atoms with E-state index < -0.39 is 0 Å². The van der Waals surface area contributed by atoms with Gasteiger partial charge in [0, 0.05) is 36.2 Å². The average Bonchev–Trinajstić information content (AvgIpc) is 2.57. The number of amides is 1. The van der Waals surface area contributed by atoms with E-state index in [4.69, 9.17) is 0 Å². The Morgan fingerprint density at radius 2 is 2.47 bits per heavy atom. The molecule has 0 spiro atoms. The van der Waals surface area contributed by atoms with E-state index in [2.05, 4.69) is 38.2 Å². The highest BCUT2D eigenvalue weighted by Gasteiger charge is 2.23. The highest BCUT2D eigenvalue weighted by molar-refractivity contribution is 9.10. The van der Waals surface area contributed by atoms with Gasteiger partial charge in [-0.15, -0.1) is 0 Å². The number of carbonyl (C=O) groups excluding carboxylic acids is 1. The molecule has 0 radical (unpaired) electrons. The number of nitrogens with one attached hydrogen (secondary N) is 2. The minimum Gasteiger partial charge on any atom is -0.356 e. The number of hydrogen-bond acceptors (Lipinski definition) is 2. The summed E-state index contributed by atoms with van der Waals surface area (Å²) in [6.45, 7) is 2.92. The number of hydrogen-bond donors (Lipinski definition) is 2. The zero-order valence-electron chi connectivity index (χ0n) is 8.59. The Kier molecular flexibility index (Phi) is 3.11. The van der Waals surface area contributed by atoms with Gasteiger partial charge in [-0.1, -0.05) is 0 Å². The molecule has 15 heavy (non-hydrogen) atoms. The molecule has 1 aromatic rings. The van der Waals surface area contributed by atoms with Gasteiger partial charge in [0.15, 0.2) is 0 Å². The highest BCUT2D eigenvalue weighted by Crippen LogP contribution is 2.12. The number of halogens is 1. The molecular formula is C10H14BrN3O. The third-order valence-electron chi connectivity index (χ3n) is 2.58. The Hall–Kier alpha value is -0.810. The summed E-state index contributed by atoms with van der Waals surface area (Å²) in [4.78, 5) is 16.7. The first-order chi connectivity index (χ1) is 7.15. The fourth-order valence-corrected chi connectivity index (χ4v) is 2.13. The van der Waals surface area contributed by atoms with Gasteiger partial charge >= 0.3 is 0 Å². The molecule has 0 atom stereocenters. The quantitative estimate of drug-likeness (QED) is 0.864. The standard InChI is InChI=1S/C10H14BrN3O/c1-14-5-7(6-14)3-13-10(15)9-2-8(11)4-12-9/h2,4,7,12H,3,5-6H2,1H3,(H,13,15). The van der Waals surface area contributed by atoms with Crippen molar-refractivity contribution < 1.29 is 4.79 Å². The van der Waals surface area contributed by atoms with Crippen molar-refractivity contribution in [3.8, 4) is 0 Å². The summed E-state index contributed by atoms with van der Waals surface area (Å²) in [6.07, 6.45) is 1.76. The molecule has 0 saturated carbocycles. The smallest absolute Gasteiger partial charge is 0.267 e. The lowest BCUT2D eigenvalue weighted by molar-refractivity contribution is 0.0894. The van der Waals surface area contributed by atoms with Crippen LogP contribution in [-0.2, 0) is 0 Å². The summed E-state index contributed by atoms with van der Waals surface area (Å²) in [7, 11) is 2.08. The van der Waals surface area contributed by atoms with Crippen LogP contribution in [0.15, 0.2) is 16.7 Å². The van der Waals surface area contributed by atoms with Crippen LogP contribution in [0.2, 0.25) is 0 Å². The second-order valence-electron chi connectivity index (χ2n) is 4.03. The van der Waals surface area contributed by atoms with Crippen molar-refractivity contribution in [3.63, 3.8) is 0 Å². The molecule has 2 rings (SSSR count). The molecule has 2 N–H and O–H groups in total. The van der Waals surface area contributed by atoms with Crippen LogP contribution in [0.5, 0.6) is 0 Å². The van der Waals surface area contributed by atoms with E-state index in [0.717, 1.165) is 24.1 Å². The van der Waals surface area contributed by atoms with E-state index in [1.807, 2.05) is 0 Å². The van der Waals surface area contributed by atoms with Gasteiger partial charge < -0.3 is 15.2 Å². The van der Waals surface area contributed by atoms with Crippen LogP contribution in [0, 0.1) is 5.92 Å². The molecule has 1 amide bonds. The van der Waals surface area contributed by atoms with Crippen LogP contribution in [0.25, 0.3) is 0 Å². The van der Waals surface area contributed by atoms with Crippen LogP contribution in [-0.4, -0.2) is 42.5 Å². The Morgan fingerprint density at radius 1 is 1.73 bits per heavy atom. The average molecular weight is 272 g/mol. The summed E-state index contributed by atoms with van der Waals surface area (Å²) < 4.78 is 0.899. The fourth-order valence-electron chi connectivity index (χ4n) is 1.79. The molecule has 1 aliphatic rings. The molecule has 1 aliphatic heterocycles. The van der Waals surface area contributed by atoms with Gasteiger partial charge in [-0.2, -0.15) is 0 Å². The zero-order valence-corrected chi connectivity index (χ0v) is 10.2. The summed E-state index contributed by atoms with van der Waals surface area (Å²) in [5.74, 6) is 0.576. The van der Waals surface area contributed by atoms with Crippen molar-refractivity contribution in [2.24, 2.45) is 5.92 Å². The molecule has 0 bridgehead atoms. The number of nitrogens with zero attached hydrogens (tertiary/aromatic N) is 1. The first-order valence-corrected chi connectivity index (χ1v) is 5.75. The molecule has 1 saturated heterocycles. The summed E-state index contributed by atoms with van der Waals surface area (Å²) in [5.41, 5.74) is 0.606. The topological polar surface area (TPSA) is 48.1 Å². The third-order valence-corrected chi connectivity index (χ3v) is 3.04. The van der Waals surface area contributed by atoms with Gasteiger partial charge in [-0.25, -0.2) is 0 Å². The van der Waals surface area contributed by atoms with E-state index in [1.165, 1.54) is 0 Å². The second kappa shape index (κ2) is 4.37. The van der Waals surface area contributed by atoms with E-state index in [-0.39, 0.29) is 5.91 Å². The first kappa shape index (κ1) is 10.7. The third kappa shape index (κ3) is 2.60. The molecule has 2 heterocycles. The van der Waals surface area contributed by atoms with Crippen molar-refractivity contribution in [2.45, 2.75) is 0 Å². The molecule has 1 aromatic heterocycles. The van der Waals surface area contributed by atoms with Crippen LogP contribution in [0.3, 0.4) is 0 Å². The van der Waals surface area contributed by atoms with Gasteiger partial charge in [-0.05, 0) is 29.0 Å². The number of aromatic amines is 1. The first-order valence-electron chi connectivity index (χ1n) is 4.96. The lowest BCUT2D eigenvalue weighted by atomic mass is 10.0. The SMILES string of the molecule is CN1CC(CNC(=O)c2cc(Br)c[nH]2)C1. The molecular weight excluding hydrogens is 258 g/mol. The molecule has 1 fully saturated rings. The predicted octanol–water partition coefficient (Wildman–Crippen LogP) is 1.07. The van der Waals surface area contributed by atoms with Crippen molar-refractivity contribution in [1.82, 2.24) is 15.2 Å². The van der Waals surface area contributed by atoms with Crippen LogP contribution >= 0.6 is 15.9 Å². The minimum absolute atomic E-state index is 0.0322. The van der Waals surface area contributed by atoms with Crippen LogP contribution in [0.4, 0.5) is 0 Å².